The zero-order valence-corrected chi connectivity index (χ0v) is 15.0. The summed E-state index contributed by atoms with van der Waals surface area (Å²) in [6.45, 7) is 0.616. The summed E-state index contributed by atoms with van der Waals surface area (Å²) in [6, 6.07) is 23.6. The molecule has 0 bridgehead atoms. The van der Waals surface area contributed by atoms with Gasteiger partial charge < -0.3 is 9.88 Å². The molecular formula is C22H17N5O. The van der Waals surface area contributed by atoms with E-state index in [9.17, 15) is 4.79 Å². The van der Waals surface area contributed by atoms with Crippen LogP contribution in [0.3, 0.4) is 0 Å². The number of rotatable bonds is 4. The van der Waals surface area contributed by atoms with Crippen molar-refractivity contribution in [3.05, 3.63) is 96.4 Å². The van der Waals surface area contributed by atoms with Gasteiger partial charge in [-0.3, -0.25) is 4.79 Å². The highest BCUT2D eigenvalue weighted by molar-refractivity contribution is 6.06. The summed E-state index contributed by atoms with van der Waals surface area (Å²) in [5.41, 5.74) is 3.44. The summed E-state index contributed by atoms with van der Waals surface area (Å²) in [6.07, 6.45) is 3.32. The Bertz CT molecular complexity index is 1290. The summed E-state index contributed by atoms with van der Waals surface area (Å²) >= 11 is 0. The number of carbonyl (C=O) groups excluding carboxylic acids is 1. The van der Waals surface area contributed by atoms with Crippen molar-refractivity contribution in [3.8, 4) is 0 Å². The second kappa shape index (κ2) is 6.66. The number of anilines is 1. The van der Waals surface area contributed by atoms with Crippen LogP contribution in [0.5, 0.6) is 0 Å². The average Bonchev–Trinajstić information content (AvgIpc) is 3.35. The van der Waals surface area contributed by atoms with Gasteiger partial charge >= 0.3 is 0 Å². The first-order valence-electron chi connectivity index (χ1n) is 9.02. The predicted octanol–water partition coefficient (Wildman–Crippen LogP) is 3.98. The molecule has 0 saturated carbocycles. The molecule has 28 heavy (non-hydrogen) atoms. The van der Waals surface area contributed by atoms with E-state index in [1.54, 1.807) is 29.0 Å². The molecule has 5 aromatic rings. The summed E-state index contributed by atoms with van der Waals surface area (Å²) in [5, 5.41) is 8.24. The van der Waals surface area contributed by atoms with Gasteiger partial charge in [-0.15, -0.1) is 0 Å². The fourth-order valence-electron chi connectivity index (χ4n) is 3.44. The number of fused-ring (bicyclic) bond motifs is 2. The third-order valence-electron chi connectivity index (χ3n) is 4.76. The van der Waals surface area contributed by atoms with E-state index in [-0.39, 0.29) is 5.91 Å². The van der Waals surface area contributed by atoms with Crippen LogP contribution in [0.25, 0.3) is 16.6 Å². The van der Waals surface area contributed by atoms with Gasteiger partial charge in [0.15, 0.2) is 5.65 Å². The van der Waals surface area contributed by atoms with E-state index >= 15 is 0 Å². The second-order valence-electron chi connectivity index (χ2n) is 6.55. The predicted molar refractivity (Wildman–Crippen MR) is 108 cm³/mol. The lowest BCUT2D eigenvalue weighted by Gasteiger charge is -2.12. The van der Waals surface area contributed by atoms with Crippen molar-refractivity contribution in [1.29, 1.82) is 0 Å². The first kappa shape index (κ1) is 16.3. The number of nitrogens with one attached hydrogen (secondary N) is 1. The van der Waals surface area contributed by atoms with Crippen LogP contribution in [0.15, 0.2) is 85.2 Å². The van der Waals surface area contributed by atoms with Gasteiger partial charge in [-0.1, -0.05) is 48.5 Å². The van der Waals surface area contributed by atoms with Gasteiger partial charge in [-0.2, -0.15) is 9.61 Å². The molecule has 2 aromatic carbocycles. The van der Waals surface area contributed by atoms with Crippen molar-refractivity contribution in [2.75, 3.05) is 5.32 Å². The van der Waals surface area contributed by atoms with Crippen LogP contribution in [0, 0.1) is 0 Å². The number of carbonyl (C=O) groups is 1. The summed E-state index contributed by atoms with van der Waals surface area (Å²) < 4.78 is 3.66. The van der Waals surface area contributed by atoms with E-state index in [2.05, 4.69) is 27.5 Å². The Labute approximate surface area is 161 Å². The second-order valence-corrected chi connectivity index (χ2v) is 6.55. The molecular weight excluding hydrogens is 350 g/mol. The van der Waals surface area contributed by atoms with Crippen molar-refractivity contribution < 1.29 is 4.79 Å². The lowest BCUT2D eigenvalue weighted by Crippen LogP contribution is -2.19. The number of amides is 1. The Kier molecular flexibility index (Phi) is 3.87. The van der Waals surface area contributed by atoms with E-state index in [4.69, 9.17) is 0 Å². The zero-order chi connectivity index (χ0) is 18.9. The number of nitrogens with zero attached hydrogens (tertiary/aromatic N) is 4. The number of hydrogen-bond donors (Lipinski definition) is 1. The fraction of sp³-hybridized carbons (Fsp3) is 0.0455. The molecule has 1 amide bonds. The maximum atomic E-state index is 13.2. The van der Waals surface area contributed by atoms with Crippen LogP contribution in [0.4, 0.5) is 5.82 Å². The Balaban J connectivity index is 1.57. The maximum Gasteiger partial charge on any atom is 0.273 e. The molecule has 1 N–H and O–H groups in total. The van der Waals surface area contributed by atoms with E-state index in [1.165, 1.54) is 0 Å². The van der Waals surface area contributed by atoms with Gasteiger partial charge in [-0.25, -0.2) is 4.98 Å². The molecule has 0 saturated heterocycles. The van der Waals surface area contributed by atoms with Gasteiger partial charge in [0.05, 0.1) is 6.20 Å². The standard InChI is InChI=1S/C22H17N5O/c28-22(25-21-10-12-23-20-11-13-24-27(20)21)19-14-17-8-4-5-9-18(17)26(19)15-16-6-2-1-3-7-16/h1-14H,15H2,(H,25,28). The van der Waals surface area contributed by atoms with Crippen LogP contribution >= 0.6 is 0 Å². The first-order valence-corrected chi connectivity index (χ1v) is 9.02. The lowest BCUT2D eigenvalue weighted by molar-refractivity contribution is 0.101. The Morgan fingerprint density at radius 1 is 0.929 bits per heavy atom. The third-order valence-corrected chi connectivity index (χ3v) is 4.76. The summed E-state index contributed by atoms with van der Waals surface area (Å²) in [7, 11) is 0. The Morgan fingerprint density at radius 3 is 2.64 bits per heavy atom. The molecule has 5 rings (SSSR count). The van der Waals surface area contributed by atoms with E-state index in [1.807, 2.05) is 53.1 Å². The maximum absolute atomic E-state index is 13.2. The van der Waals surface area contributed by atoms with Crippen molar-refractivity contribution in [1.82, 2.24) is 19.2 Å². The van der Waals surface area contributed by atoms with Crippen molar-refractivity contribution in [3.63, 3.8) is 0 Å². The van der Waals surface area contributed by atoms with E-state index in [0.29, 0.717) is 23.7 Å². The topological polar surface area (TPSA) is 64.2 Å². The van der Waals surface area contributed by atoms with Crippen molar-refractivity contribution >= 4 is 28.3 Å². The van der Waals surface area contributed by atoms with Crippen LogP contribution in [0.1, 0.15) is 16.1 Å². The molecule has 0 aliphatic rings. The van der Waals surface area contributed by atoms with Crippen molar-refractivity contribution in [2.45, 2.75) is 6.54 Å². The van der Waals surface area contributed by atoms with Crippen molar-refractivity contribution in [2.24, 2.45) is 0 Å². The van der Waals surface area contributed by atoms with E-state index < -0.39 is 0 Å². The quantitative estimate of drug-likeness (QED) is 0.522. The van der Waals surface area contributed by atoms with Crippen LogP contribution in [-0.2, 0) is 6.54 Å². The van der Waals surface area contributed by atoms with Gasteiger partial charge in [0.1, 0.15) is 11.5 Å². The van der Waals surface area contributed by atoms with Crippen LogP contribution < -0.4 is 5.32 Å². The summed E-state index contributed by atoms with van der Waals surface area (Å²) in [4.78, 5) is 17.4. The highest BCUT2D eigenvalue weighted by atomic mass is 16.2. The Morgan fingerprint density at radius 2 is 1.75 bits per heavy atom. The smallest absolute Gasteiger partial charge is 0.273 e. The fourth-order valence-corrected chi connectivity index (χ4v) is 3.44. The van der Waals surface area contributed by atoms with Crippen LogP contribution in [0.2, 0.25) is 0 Å². The molecule has 3 heterocycles. The minimum atomic E-state index is -0.185. The highest BCUT2D eigenvalue weighted by Gasteiger charge is 2.17. The zero-order valence-electron chi connectivity index (χ0n) is 15.0. The first-order chi connectivity index (χ1) is 13.8. The summed E-state index contributed by atoms with van der Waals surface area (Å²) in [5.74, 6) is 0.395. The molecule has 0 aliphatic heterocycles. The average molecular weight is 367 g/mol. The normalized spacial score (nSPS) is 11.1. The monoisotopic (exact) mass is 367 g/mol. The number of para-hydroxylation sites is 1. The molecule has 136 valence electrons. The number of hydrogen-bond acceptors (Lipinski definition) is 3. The molecule has 6 nitrogen and oxygen atoms in total. The molecule has 0 atom stereocenters. The number of aromatic nitrogens is 4. The molecule has 6 heteroatoms. The SMILES string of the molecule is O=C(Nc1ccnc2ccnn12)c1cc2ccccc2n1Cc1ccccc1. The molecule has 0 spiro atoms. The van der Waals surface area contributed by atoms with Gasteiger partial charge in [0.25, 0.3) is 5.91 Å². The molecule has 0 fully saturated rings. The van der Waals surface area contributed by atoms with Gasteiger partial charge in [-0.05, 0) is 23.8 Å². The van der Waals surface area contributed by atoms with Gasteiger partial charge in [0.2, 0.25) is 0 Å². The highest BCUT2D eigenvalue weighted by Crippen LogP contribution is 2.22. The lowest BCUT2D eigenvalue weighted by atomic mass is 10.2. The molecule has 0 aliphatic carbocycles. The molecule has 0 unspecified atom stereocenters. The molecule has 3 aromatic heterocycles. The Hall–Kier alpha value is -3.93. The largest absolute Gasteiger partial charge is 0.332 e. The third kappa shape index (κ3) is 2.81. The van der Waals surface area contributed by atoms with Crippen LogP contribution in [-0.4, -0.2) is 25.1 Å². The minimum Gasteiger partial charge on any atom is -0.332 e. The minimum absolute atomic E-state index is 0.185. The van der Waals surface area contributed by atoms with Gasteiger partial charge in [0, 0.05) is 29.7 Å². The molecule has 0 radical (unpaired) electrons. The van der Waals surface area contributed by atoms with E-state index in [0.717, 1.165) is 16.5 Å². The number of benzene rings is 2.